The highest BCUT2D eigenvalue weighted by Gasteiger charge is 2.56. The maximum atomic E-state index is 12.6. The van der Waals surface area contributed by atoms with E-state index >= 15 is 0 Å². The molecule has 4 N–H and O–H groups in total. The molecule has 2 aromatic rings. The first-order valence-electron chi connectivity index (χ1n) is 12.7. The average Bonchev–Trinajstić information content (AvgIpc) is 2.83. The number of amides is 1. The van der Waals surface area contributed by atoms with E-state index < -0.39 is 6.10 Å². The van der Waals surface area contributed by atoms with Crippen LogP contribution in [0.5, 0.6) is 5.75 Å². The van der Waals surface area contributed by atoms with Crippen LogP contribution in [-0.2, 0) is 9.53 Å². The highest BCUT2D eigenvalue weighted by molar-refractivity contribution is 6.33. The molecule has 1 aromatic heterocycles. The van der Waals surface area contributed by atoms with Crippen molar-refractivity contribution in [3.8, 4) is 17.1 Å². The van der Waals surface area contributed by atoms with Crippen molar-refractivity contribution in [2.24, 2.45) is 5.73 Å². The number of anilines is 1. The van der Waals surface area contributed by atoms with Gasteiger partial charge in [-0.25, -0.2) is 14.8 Å². The number of likely N-dealkylation sites (tertiary alicyclic amines) is 1. The second kappa shape index (κ2) is 11.4. The molecule has 39 heavy (non-hydrogen) atoms. The molecule has 1 aromatic carbocycles. The van der Waals surface area contributed by atoms with Gasteiger partial charge in [0, 0.05) is 43.0 Å². The molecule has 210 valence electrons. The summed E-state index contributed by atoms with van der Waals surface area (Å²) in [5.74, 6) is 1.20. The predicted molar refractivity (Wildman–Crippen MR) is 149 cm³/mol. The number of benzene rings is 1. The van der Waals surface area contributed by atoms with Crippen molar-refractivity contribution in [2.75, 3.05) is 51.8 Å². The van der Waals surface area contributed by atoms with E-state index in [0.717, 1.165) is 6.42 Å². The standard InChI is InChI=1S/C27H35ClN6O5/c1-15-23(22(16(2)29)17(3)35)31-24(20-10-19(6-7-21(20)28)39-12-18(36)11-30-4)32-25(15)33-13-27(14-33)8-9-34(27)26(37)38-5/h6-7,10,18,30,36H,8-9,11-14,29H2,1-5H3/t18-/m1/s1. The third-order valence-electron chi connectivity index (χ3n) is 7.20. The number of nitrogens with one attached hydrogen (secondary N) is 1. The summed E-state index contributed by atoms with van der Waals surface area (Å²) < 4.78 is 10.7. The SMILES string of the molecule is CNC[C@@H](O)COc1ccc(Cl)c(-c2nc(C(C(C)=O)=C(C)N)c(C)c(N3CC4(CCN4C(=O)OC)C3)n2)c1. The molecule has 0 saturated carbocycles. The number of rotatable bonds is 9. The quantitative estimate of drug-likeness (QED) is 0.392. The second-order valence-corrected chi connectivity index (χ2v) is 10.5. The lowest BCUT2D eigenvalue weighted by Crippen LogP contribution is -2.78. The van der Waals surface area contributed by atoms with E-state index in [9.17, 15) is 14.7 Å². The first-order valence-corrected chi connectivity index (χ1v) is 13.1. The van der Waals surface area contributed by atoms with Gasteiger partial charge in [0.1, 0.15) is 24.3 Å². The Bertz CT molecular complexity index is 1310. The van der Waals surface area contributed by atoms with Gasteiger partial charge in [-0.15, -0.1) is 0 Å². The lowest BCUT2D eigenvalue weighted by Gasteiger charge is -2.62. The van der Waals surface area contributed by atoms with E-state index in [1.807, 2.05) is 6.92 Å². The van der Waals surface area contributed by atoms with Gasteiger partial charge in [-0.3, -0.25) is 9.69 Å². The van der Waals surface area contributed by atoms with Crippen molar-refractivity contribution < 1.29 is 24.2 Å². The van der Waals surface area contributed by atoms with Crippen LogP contribution >= 0.6 is 11.6 Å². The van der Waals surface area contributed by atoms with Gasteiger partial charge < -0.3 is 30.5 Å². The number of allylic oxidation sites excluding steroid dienone is 2. The number of nitrogens with two attached hydrogens (primary N) is 1. The van der Waals surface area contributed by atoms with Crippen LogP contribution in [0.1, 0.15) is 31.5 Å². The second-order valence-electron chi connectivity index (χ2n) is 10.1. The summed E-state index contributed by atoms with van der Waals surface area (Å²) in [5.41, 5.74) is 8.13. The van der Waals surface area contributed by atoms with Gasteiger partial charge in [0.15, 0.2) is 11.6 Å². The highest BCUT2D eigenvalue weighted by Crippen LogP contribution is 2.43. The Labute approximate surface area is 232 Å². The monoisotopic (exact) mass is 558 g/mol. The number of halogens is 1. The van der Waals surface area contributed by atoms with Crippen LogP contribution in [0.25, 0.3) is 17.0 Å². The van der Waals surface area contributed by atoms with Crippen LogP contribution in [0, 0.1) is 6.92 Å². The van der Waals surface area contributed by atoms with Crippen LogP contribution in [0.2, 0.25) is 5.02 Å². The minimum atomic E-state index is -0.687. The zero-order valence-corrected chi connectivity index (χ0v) is 23.6. The third-order valence-corrected chi connectivity index (χ3v) is 7.53. The van der Waals surface area contributed by atoms with Gasteiger partial charge in [0.25, 0.3) is 0 Å². The average molecular weight is 559 g/mol. The Morgan fingerprint density at radius 2 is 2.00 bits per heavy atom. The zero-order chi connectivity index (χ0) is 28.5. The van der Waals surface area contributed by atoms with Crippen molar-refractivity contribution in [3.05, 3.63) is 40.2 Å². The normalized spacial score (nSPS) is 17.2. The Hall–Kier alpha value is -3.41. The van der Waals surface area contributed by atoms with Crippen LogP contribution in [0.4, 0.5) is 10.6 Å². The topological polar surface area (TPSA) is 143 Å². The number of methoxy groups -OCH3 is 1. The van der Waals surface area contributed by atoms with E-state index in [1.54, 1.807) is 37.1 Å². The molecule has 2 fully saturated rings. The van der Waals surface area contributed by atoms with E-state index in [-0.39, 0.29) is 24.0 Å². The number of aromatic nitrogens is 2. The summed E-state index contributed by atoms with van der Waals surface area (Å²) in [6.07, 6.45) is -0.160. The molecule has 12 heteroatoms. The molecule has 1 atom stereocenters. The van der Waals surface area contributed by atoms with E-state index in [1.165, 1.54) is 14.0 Å². The number of aliphatic hydroxyl groups excluding tert-OH is 1. The zero-order valence-electron chi connectivity index (χ0n) is 22.9. The number of Topliss-reactive ketones (excluding diaryl/α,β-unsaturated/α-hetero) is 1. The first-order chi connectivity index (χ1) is 18.5. The summed E-state index contributed by atoms with van der Waals surface area (Å²) >= 11 is 6.60. The van der Waals surface area contributed by atoms with E-state index in [4.69, 9.17) is 36.8 Å². The Morgan fingerprint density at radius 1 is 1.28 bits per heavy atom. The van der Waals surface area contributed by atoms with E-state index in [2.05, 4.69) is 10.2 Å². The van der Waals surface area contributed by atoms with Gasteiger partial charge in [-0.1, -0.05) is 11.6 Å². The molecule has 2 aliphatic rings. The summed E-state index contributed by atoms with van der Waals surface area (Å²) in [6.45, 7) is 7.23. The van der Waals surface area contributed by atoms with Gasteiger partial charge in [0.05, 0.1) is 28.9 Å². The summed E-state index contributed by atoms with van der Waals surface area (Å²) in [4.78, 5) is 38.3. The van der Waals surface area contributed by atoms with Crippen molar-refractivity contribution >= 4 is 34.9 Å². The van der Waals surface area contributed by atoms with Crippen LogP contribution in [0.3, 0.4) is 0 Å². The fourth-order valence-electron chi connectivity index (χ4n) is 5.14. The first kappa shape index (κ1) is 28.6. The molecule has 0 bridgehead atoms. The van der Waals surface area contributed by atoms with Gasteiger partial charge in [-0.2, -0.15) is 0 Å². The Morgan fingerprint density at radius 3 is 2.56 bits per heavy atom. The molecule has 0 radical (unpaired) electrons. The van der Waals surface area contributed by atoms with Crippen LogP contribution in [0.15, 0.2) is 23.9 Å². The maximum Gasteiger partial charge on any atom is 0.410 e. The van der Waals surface area contributed by atoms with Gasteiger partial charge >= 0.3 is 6.09 Å². The molecule has 2 aliphatic heterocycles. The fourth-order valence-corrected chi connectivity index (χ4v) is 5.34. The molecule has 0 aliphatic carbocycles. The van der Waals surface area contributed by atoms with Crippen LogP contribution in [-0.4, -0.2) is 90.4 Å². The third kappa shape index (κ3) is 5.52. The van der Waals surface area contributed by atoms with Crippen LogP contribution < -0.4 is 20.7 Å². The number of likely N-dealkylation sites (N-methyl/N-ethyl adjacent to an activating group) is 1. The molecule has 0 unspecified atom stereocenters. The maximum absolute atomic E-state index is 12.6. The molecule has 11 nitrogen and oxygen atoms in total. The smallest absolute Gasteiger partial charge is 0.410 e. The molecule has 4 rings (SSSR count). The molecule has 1 spiro atoms. The summed E-state index contributed by atoms with van der Waals surface area (Å²) in [7, 11) is 3.13. The molecular weight excluding hydrogens is 524 g/mol. The molecule has 2 saturated heterocycles. The van der Waals surface area contributed by atoms with E-state index in [0.29, 0.717) is 76.7 Å². The number of hydrogen-bond donors (Lipinski definition) is 3. The number of ketones is 1. The number of hydrogen-bond acceptors (Lipinski definition) is 10. The number of nitrogens with zero attached hydrogens (tertiary/aromatic N) is 4. The molecule has 1 amide bonds. The summed E-state index contributed by atoms with van der Waals surface area (Å²) in [6, 6.07) is 5.09. The predicted octanol–water partition coefficient (Wildman–Crippen LogP) is 2.37. The van der Waals surface area contributed by atoms with Crippen molar-refractivity contribution in [3.63, 3.8) is 0 Å². The van der Waals surface area contributed by atoms with Gasteiger partial charge in [-0.05, 0) is 52.4 Å². The Balaban J connectivity index is 1.75. The fraction of sp³-hybridized carbons (Fsp3) is 0.481. The van der Waals surface area contributed by atoms with Gasteiger partial charge in [0.2, 0.25) is 0 Å². The number of carbonyl (C=O) groups is 2. The number of aliphatic hydroxyl groups is 1. The molecular formula is C27H35ClN6O5. The van der Waals surface area contributed by atoms with Crippen molar-refractivity contribution in [2.45, 2.75) is 38.8 Å². The minimum Gasteiger partial charge on any atom is -0.491 e. The minimum absolute atomic E-state index is 0.0866. The Kier molecular flexibility index (Phi) is 8.34. The summed E-state index contributed by atoms with van der Waals surface area (Å²) in [5, 5.41) is 13.3. The highest BCUT2D eigenvalue weighted by atomic mass is 35.5. The van der Waals surface area contributed by atoms with Crippen molar-refractivity contribution in [1.29, 1.82) is 0 Å². The lowest BCUT2D eigenvalue weighted by molar-refractivity contribution is -0.111. The lowest BCUT2D eigenvalue weighted by atomic mass is 9.77. The molecule has 3 heterocycles. The number of ether oxygens (including phenoxy) is 2. The van der Waals surface area contributed by atoms with Crippen molar-refractivity contribution in [1.82, 2.24) is 20.2 Å². The largest absolute Gasteiger partial charge is 0.491 e. The number of carbonyl (C=O) groups excluding carboxylic acids is 2.